The van der Waals surface area contributed by atoms with E-state index >= 15 is 0 Å². The molecule has 0 atom stereocenters. The lowest BCUT2D eigenvalue weighted by Crippen LogP contribution is -2.27. The molecule has 0 aromatic carbocycles. The summed E-state index contributed by atoms with van der Waals surface area (Å²) in [5.41, 5.74) is 0.574. The highest BCUT2D eigenvalue weighted by atomic mass is 19.3. The number of nitrogens with zero attached hydrogens (tertiary/aromatic N) is 3. The van der Waals surface area contributed by atoms with Crippen LogP contribution in [0.15, 0.2) is 42.6 Å². The van der Waals surface area contributed by atoms with Gasteiger partial charge in [-0.2, -0.15) is 13.8 Å². The molecule has 0 radical (unpaired) electrons. The van der Waals surface area contributed by atoms with Crippen LogP contribution in [0.25, 0.3) is 0 Å². The standard InChI is InChI=1S/C23H28F2N4O4/c1-14(2)20(30)27-18-11-16(9-10-26-18)22(31)29(5)12-17-7-8-19(28-21(17)32-6)33-13-23(24,25)15(3)4/h7-11,14H,3,12-13H2,1-2,4-6H3,(H,26,27,30). The van der Waals surface area contributed by atoms with Crippen LogP contribution >= 0.6 is 0 Å². The molecule has 33 heavy (non-hydrogen) atoms. The molecule has 178 valence electrons. The third-order valence-electron chi connectivity index (χ3n) is 4.67. The Kier molecular flexibility index (Phi) is 8.44. The molecule has 2 heterocycles. The molecule has 0 saturated carbocycles. The molecule has 10 heteroatoms. The summed E-state index contributed by atoms with van der Waals surface area (Å²) in [5, 5.41) is 2.66. The first-order chi connectivity index (χ1) is 15.4. The fourth-order valence-electron chi connectivity index (χ4n) is 2.57. The maximum absolute atomic E-state index is 13.7. The molecule has 0 aliphatic carbocycles. The zero-order chi connectivity index (χ0) is 24.8. The van der Waals surface area contributed by atoms with Crippen LogP contribution in [0.5, 0.6) is 11.8 Å². The van der Waals surface area contributed by atoms with Crippen LogP contribution in [0, 0.1) is 5.92 Å². The molecule has 0 fully saturated rings. The van der Waals surface area contributed by atoms with Gasteiger partial charge in [0.1, 0.15) is 5.82 Å². The summed E-state index contributed by atoms with van der Waals surface area (Å²) in [6.45, 7) is 7.21. The highest BCUT2D eigenvalue weighted by Gasteiger charge is 2.31. The van der Waals surface area contributed by atoms with Crippen LogP contribution in [-0.2, 0) is 11.3 Å². The molecule has 1 N–H and O–H groups in total. The summed E-state index contributed by atoms with van der Waals surface area (Å²) in [6.07, 6.45) is 1.44. The first kappa shape index (κ1) is 25.7. The molecule has 0 aliphatic heterocycles. The monoisotopic (exact) mass is 462 g/mol. The van der Waals surface area contributed by atoms with Crippen molar-refractivity contribution in [2.75, 3.05) is 26.1 Å². The van der Waals surface area contributed by atoms with Gasteiger partial charge in [-0.15, -0.1) is 0 Å². The second-order valence-electron chi connectivity index (χ2n) is 7.83. The lowest BCUT2D eigenvalue weighted by Gasteiger charge is -2.20. The number of nitrogens with one attached hydrogen (secondary N) is 1. The summed E-state index contributed by atoms with van der Waals surface area (Å²) in [4.78, 5) is 34.3. The van der Waals surface area contributed by atoms with E-state index in [0.717, 1.165) is 0 Å². The average Bonchev–Trinajstić information content (AvgIpc) is 2.77. The second-order valence-corrected chi connectivity index (χ2v) is 7.83. The van der Waals surface area contributed by atoms with Crippen LogP contribution in [0.3, 0.4) is 0 Å². The molecule has 8 nitrogen and oxygen atoms in total. The van der Waals surface area contributed by atoms with Crippen molar-refractivity contribution in [3.05, 3.63) is 53.7 Å². The van der Waals surface area contributed by atoms with Crippen molar-refractivity contribution in [3.8, 4) is 11.8 Å². The predicted octanol–water partition coefficient (Wildman–Crippen LogP) is 3.94. The Balaban J connectivity index is 2.11. The van der Waals surface area contributed by atoms with Gasteiger partial charge in [-0.05, 0) is 30.7 Å². The Morgan fingerprint density at radius 3 is 2.58 bits per heavy atom. The van der Waals surface area contributed by atoms with Gasteiger partial charge in [0, 0.05) is 36.4 Å². The summed E-state index contributed by atoms with van der Waals surface area (Å²) in [7, 11) is 2.97. The number of amides is 2. The van der Waals surface area contributed by atoms with Gasteiger partial charge in [0.15, 0.2) is 6.61 Å². The van der Waals surface area contributed by atoms with E-state index in [2.05, 4.69) is 21.9 Å². The second kappa shape index (κ2) is 10.8. The van der Waals surface area contributed by atoms with Gasteiger partial charge in [-0.1, -0.05) is 20.4 Å². The first-order valence-electron chi connectivity index (χ1n) is 10.2. The largest absolute Gasteiger partial charge is 0.481 e. The van der Waals surface area contributed by atoms with E-state index in [9.17, 15) is 18.4 Å². The lowest BCUT2D eigenvalue weighted by atomic mass is 10.2. The van der Waals surface area contributed by atoms with Gasteiger partial charge in [0.05, 0.1) is 13.7 Å². The van der Waals surface area contributed by atoms with Crippen LogP contribution < -0.4 is 14.8 Å². The third-order valence-corrected chi connectivity index (χ3v) is 4.67. The van der Waals surface area contributed by atoms with Crippen molar-refractivity contribution in [2.24, 2.45) is 5.92 Å². The highest BCUT2D eigenvalue weighted by Crippen LogP contribution is 2.26. The van der Waals surface area contributed by atoms with E-state index in [4.69, 9.17) is 9.47 Å². The third kappa shape index (κ3) is 6.96. The quantitative estimate of drug-likeness (QED) is 0.538. The van der Waals surface area contributed by atoms with Crippen molar-refractivity contribution in [1.29, 1.82) is 0 Å². The number of ether oxygens (including phenoxy) is 2. The molecule has 0 spiro atoms. The van der Waals surface area contributed by atoms with Crippen LogP contribution in [0.1, 0.15) is 36.7 Å². The van der Waals surface area contributed by atoms with Gasteiger partial charge in [0.25, 0.3) is 5.91 Å². The lowest BCUT2D eigenvalue weighted by molar-refractivity contribution is -0.118. The zero-order valence-electron chi connectivity index (χ0n) is 19.3. The molecular weight excluding hydrogens is 434 g/mol. The SMILES string of the molecule is C=C(C)C(F)(F)COc1ccc(CN(C)C(=O)c2ccnc(NC(=O)C(C)C)c2)c(OC)n1. The smallest absolute Gasteiger partial charge is 0.302 e. The number of methoxy groups -OCH3 is 1. The van der Waals surface area contributed by atoms with E-state index in [1.165, 1.54) is 43.3 Å². The number of anilines is 1. The molecule has 0 unspecified atom stereocenters. The minimum absolute atomic E-state index is 0.0369. The Morgan fingerprint density at radius 1 is 1.27 bits per heavy atom. The molecular formula is C23H28F2N4O4. The molecule has 0 saturated heterocycles. The van der Waals surface area contributed by atoms with Crippen LogP contribution in [0.2, 0.25) is 0 Å². The van der Waals surface area contributed by atoms with Gasteiger partial charge < -0.3 is 19.7 Å². The molecule has 0 bridgehead atoms. The summed E-state index contributed by atoms with van der Waals surface area (Å²) < 4.78 is 37.7. The van der Waals surface area contributed by atoms with Crippen LogP contribution in [0.4, 0.5) is 14.6 Å². The number of hydrogen-bond acceptors (Lipinski definition) is 6. The Labute approximate surface area is 191 Å². The summed E-state index contributed by atoms with van der Waals surface area (Å²) in [6, 6.07) is 6.05. The number of pyridine rings is 2. The minimum atomic E-state index is -3.18. The maximum Gasteiger partial charge on any atom is 0.302 e. The van der Waals surface area contributed by atoms with Gasteiger partial charge >= 0.3 is 5.92 Å². The van der Waals surface area contributed by atoms with Crippen molar-refractivity contribution in [1.82, 2.24) is 14.9 Å². The number of carbonyl (C=O) groups is 2. The average molecular weight is 462 g/mol. The van der Waals surface area contributed by atoms with Gasteiger partial charge in [-0.25, -0.2) is 4.98 Å². The van der Waals surface area contributed by atoms with E-state index in [0.29, 0.717) is 11.1 Å². The number of hydrogen-bond donors (Lipinski definition) is 1. The Hall–Kier alpha value is -3.56. The molecule has 2 aromatic heterocycles. The zero-order valence-corrected chi connectivity index (χ0v) is 19.3. The normalized spacial score (nSPS) is 11.2. The molecule has 2 aromatic rings. The highest BCUT2D eigenvalue weighted by molar-refractivity contribution is 5.96. The van der Waals surface area contributed by atoms with Crippen molar-refractivity contribution in [2.45, 2.75) is 33.2 Å². The fourth-order valence-corrected chi connectivity index (χ4v) is 2.57. The van der Waals surface area contributed by atoms with Crippen molar-refractivity contribution >= 4 is 17.6 Å². The Morgan fingerprint density at radius 2 is 1.97 bits per heavy atom. The summed E-state index contributed by atoms with van der Waals surface area (Å²) >= 11 is 0. The van der Waals surface area contributed by atoms with Crippen molar-refractivity contribution < 1.29 is 27.8 Å². The van der Waals surface area contributed by atoms with Gasteiger partial charge in [0.2, 0.25) is 17.7 Å². The predicted molar refractivity (Wildman–Crippen MR) is 120 cm³/mol. The van der Waals surface area contributed by atoms with Crippen molar-refractivity contribution in [3.63, 3.8) is 0 Å². The fraction of sp³-hybridized carbons (Fsp3) is 0.391. The number of rotatable bonds is 10. The van der Waals surface area contributed by atoms with Crippen LogP contribution in [-0.4, -0.2) is 53.4 Å². The molecule has 2 amide bonds. The number of halogens is 2. The number of aromatic nitrogens is 2. The van der Waals surface area contributed by atoms with E-state index in [1.807, 2.05) is 0 Å². The Bertz CT molecular complexity index is 1030. The minimum Gasteiger partial charge on any atom is -0.481 e. The molecule has 2 rings (SSSR count). The molecule has 0 aliphatic rings. The van der Waals surface area contributed by atoms with E-state index in [-0.39, 0.29) is 47.4 Å². The maximum atomic E-state index is 13.7. The first-order valence-corrected chi connectivity index (χ1v) is 10.2. The summed E-state index contributed by atoms with van der Waals surface area (Å²) in [5.74, 6) is -3.55. The number of carbonyl (C=O) groups excluding carboxylic acids is 2. The number of alkyl halides is 2. The van der Waals surface area contributed by atoms with E-state index in [1.54, 1.807) is 27.0 Å². The topological polar surface area (TPSA) is 93.7 Å². The van der Waals surface area contributed by atoms with Gasteiger partial charge in [-0.3, -0.25) is 9.59 Å². The van der Waals surface area contributed by atoms with E-state index < -0.39 is 12.5 Å².